The van der Waals surface area contributed by atoms with Crippen LogP contribution in [0.1, 0.15) is 53.3 Å². The Labute approximate surface area is 196 Å². The largest absolute Gasteiger partial charge is 0.368 e. The molecule has 0 saturated carbocycles. The summed E-state index contributed by atoms with van der Waals surface area (Å²) in [6, 6.07) is 13.9. The van der Waals surface area contributed by atoms with Crippen molar-refractivity contribution < 1.29 is 18.0 Å². The quantitative estimate of drug-likeness (QED) is 0.627. The summed E-state index contributed by atoms with van der Waals surface area (Å²) in [5.41, 5.74) is 2.23. The number of ketones is 1. The molecule has 0 aromatic heterocycles. The zero-order valence-corrected chi connectivity index (χ0v) is 19.9. The van der Waals surface area contributed by atoms with E-state index in [0.717, 1.165) is 31.4 Å². The molecule has 2 aromatic rings. The van der Waals surface area contributed by atoms with E-state index in [0.29, 0.717) is 50.4 Å². The van der Waals surface area contributed by atoms with Crippen molar-refractivity contribution >= 4 is 27.4 Å². The molecule has 0 unspecified atom stereocenters. The highest BCUT2D eigenvalue weighted by Gasteiger charge is 2.26. The Morgan fingerprint density at radius 3 is 1.79 bits per heavy atom. The van der Waals surface area contributed by atoms with Gasteiger partial charge >= 0.3 is 0 Å². The third-order valence-electron chi connectivity index (χ3n) is 6.51. The van der Waals surface area contributed by atoms with Crippen LogP contribution in [-0.4, -0.2) is 68.6 Å². The zero-order chi connectivity index (χ0) is 23.4. The smallest absolute Gasteiger partial charge is 0.253 e. The summed E-state index contributed by atoms with van der Waals surface area (Å²) in [4.78, 5) is 28.7. The molecular weight excluding hydrogens is 438 g/mol. The number of piperazine rings is 1. The Balaban J connectivity index is 1.37. The topological polar surface area (TPSA) is 78.0 Å². The summed E-state index contributed by atoms with van der Waals surface area (Å²) in [6.45, 7) is 5.24. The van der Waals surface area contributed by atoms with Gasteiger partial charge in [-0.3, -0.25) is 9.59 Å². The van der Waals surface area contributed by atoms with Crippen LogP contribution in [0.2, 0.25) is 0 Å². The Kier molecular flexibility index (Phi) is 7.14. The molecule has 4 rings (SSSR count). The van der Waals surface area contributed by atoms with Gasteiger partial charge in [-0.2, -0.15) is 4.31 Å². The molecule has 0 bridgehead atoms. The van der Waals surface area contributed by atoms with Crippen LogP contribution in [0, 0.1) is 0 Å². The van der Waals surface area contributed by atoms with Crippen LogP contribution in [0.5, 0.6) is 0 Å². The normalized spacial score (nSPS) is 18.1. The second-order valence-corrected chi connectivity index (χ2v) is 10.7. The van der Waals surface area contributed by atoms with Crippen LogP contribution in [-0.2, 0) is 10.0 Å². The van der Waals surface area contributed by atoms with Crippen molar-refractivity contribution in [2.75, 3.05) is 44.2 Å². The van der Waals surface area contributed by atoms with Crippen LogP contribution in [0.4, 0.5) is 5.69 Å². The number of carbonyl (C=O) groups is 2. The highest BCUT2D eigenvalue weighted by atomic mass is 32.2. The van der Waals surface area contributed by atoms with Crippen LogP contribution in [0.3, 0.4) is 0 Å². The first-order valence-electron chi connectivity index (χ1n) is 11.6. The second-order valence-electron chi connectivity index (χ2n) is 8.72. The summed E-state index contributed by atoms with van der Waals surface area (Å²) >= 11 is 0. The molecule has 0 aliphatic carbocycles. The van der Waals surface area contributed by atoms with Gasteiger partial charge in [-0.15, -0.1) is 0 Å². The molecule has 7 nitrogen and oxygen atoms in total. The van der Waals surface area contributed by atoms with Crippen LogP contribution < -0.4 is 4.90 Å². The lowest BCUT2D eigenvalue weighted by Crippen LogP contribution is -2.48. The third-order valence-corrected chi connectivity index (χ3v) is 8.42. The molecule has 2 heterocycles. The van der Waals surface area contributed by atoms with Crippen molar-refractivity contribution in [2.24, 2.45) is 0 Å². The summed E-state index contributed by atoms with van der Waals surface area (Å²) in [5, 5.41) is 0. The van der Waals surface area contributed by atoms with E-state index in [1.54, 1.807) is 40.4 Å². The third kappa shape index (κ3) is 5.28. The molecule has 33 heavy (non-hydrogen) atoms. The maximum Gasteiger partial charge on any atom is 0.253 e. The van der Waals surface area contributed by atoms with Gasteiger partial charge in [0.15, 0.2) is 5.78 Å². The molecule has 0 radical (unpaired) electrons. The van der Waals surface area contributed by atoms with Crippen molar-refractivity contribution in [3.05, 3.63) is 59.7 Å². The van der Waals surface area contributed by atoms with Gasteiger partial charge in [-0.05, 0) is 68.3 Å². The summed E-state index contributed by atoms with van der Waals surface area (Å²) < 4.78 is 27.5. The van der Waals surface area contributed by atoms with Gasteiger partial charge in [0, 0.05) is 56.1 Å². The fourth-order valence-electron chi connectivity index (χ4n) is 4.46. The number of hydrogen-bond acceptors (Lipinski definition) is 5. The lowest BCUT2D eigenvalue weighted by Gasteiger charge is -2.36. The van der Waals surface area contributed by atoms with Gasteiger partial charge in [0.1, 0.15) is 0 Å². The standard InChI is InChI=1S/C25H31N3O4S/c1-20(29)21-6-10-23(11-7-21)26-16-18-27(19-17-26)25(30)22-8-12-24(13-9-22)33(31,32)28-14-4-2-3-5-15-28/h6-13H,2-5,14-19H2,1H3. The van der Waals surface area contributed by atoms with E-state index in [1.165, 1.54) is 0 Å². The molecule has 0 atom stereocenters. The van der Waals surface area contributed by atoms with Crippen molar-refractivity contribution in [3.8, 4) is 0 Å². The first-order chi connectivity index (χ1) is 15.9. The summed E-state index contributed by atoms with van der Waals surface area (Å²) in [5.74, 6) is -0.0393. The fourth-order valence-corrected chi connectivity index (χ4v) is 5.97. The molecule has 2 aliphatic heterocycles. The van der Waals surface area contributed by atoms with Gasteiger partial charge in [-0.25, -0.2) is 8.42 Å². The number of anilines is 1. The minimum Gasteiger partial charge on any atom is -0.368 e. The molecule has 2 saturated heterocycles. The first kappa shape index (κ1) is 23.4. The SMILES string of the molecule is CC(=O)c1ccc(N2CCN(C(=O)c3ccc(S(=O)(=O)N4CCCCCC4)cc3)CC2)cc1. The zero-order valence-electron chi connectivity index (χ0n) is 19.1. The highest BCUT2D eigenvalue weighted by molar-refractivity contribution is 7.89. The average molecular weight is 470 g/mol. The first-order valence-corrected chi connectivity index (χ1v) is 13.1. The van der Waals surface area contributed by atoms with Crippen LogP contribution >= 0.6 is 0 Å². The Hall–Kier alpha value is -2.71. The lowest BCUT2D eigenvalue weighted by atomic mass is 10.1. The molecule has 2 aliphatic rings. The number of Topliss-reactive ketones (excluding diaryl/α,β-unsaturated/α-hetero) is 1. The second kappa shape index (κ2) is 10.1. The van der Waals surface area contributed by atoms with Crippen LogP contribution in [0.25, 0.3) is 0 Å². The van der Waals surface area contributed by atoms with E-state index in [-0.39, 0.29) is 16.6 Å². The average Bonchev–Trinajstić information content (AvgIpc) is 3.14. The van der Waals surface area contributed by atoms with Gasteiger partial charge in [0.25, 0.3) is 5.91 Å². The van der Waals surface area contributed by atoms with E-state index in [1.807, 2.05) is 24.3 Å². The summed E-state index contributed by atoms with van der Waals surface area (Å²) in [6.07, 6.45) is 3.91. The molecular formula is C25H31N3O4S. The maximum atomic E-state index is 13.0. The van der Waals surface area contributed by atoms with E-state index >= 15 is 0 Å². The Bertz CT molecular complexity index is 1080. The number of hydrogen-bond donors (Lipinski definition) is 0. The number of nitrogens with zero attached hydrogens (tertiary/aromatic N) is 3. The van der Waals surface area contributed by atoms with Crippen molar-refractivity contribution in [3.63, 3.8) is 0 Å². The van der Waals surface area contributed by atoms with Crippen molar-refractivity contribution in [1.29, 1.82) is 0 Å². The minimum atomic E-state index is -3.52. The van der Waals surface area contributed by atoms with Crippen LogP contribution in [0.15, 0.2) is 53.4 Å². The molecule has 0 spiro atoms. The minimum absolute atomic E-state index is 0.0437. The molecule has 2 aromatic carbocycles. The van der Waals surface area contributed by atoms with Crippen molar-refractivity contribution in [1.82, 2.24) is 9.21 Å². The van der Waals surface area contributed by atoms with Gasteiger partial charge in [0.05, 0.1) is 4.90 Å². The number of sulfonamides is 1. The van der Waals surface area contributed by atoms with E-state index < -0.39 is 10.0 Å². The number of carbonyl (C=O) groups excluding carboxylic acids is 2. The Morgan fingerprint density at radius 2 is 1.24 bits per heavy atom. The van der Waals surface area contributed by atoms with E-state index in [2.05, 4.69) is 4.90 Å². The van der Waals surface area contributed by atoms with Gasteiger partial charge < -0.3 is 9.80 Å². The van der Waals surface area contributed by atoms with E-state index in [4.69, 9.17) is 0 Å². The highest BCUT2D eigenvalue weighted by Crippen LogP contribution is 2.22. The summed E-state index contributed by atoms with van der Waals surface area (Å²) in [7, 11) is -3.52. The number of amides is 1. The molecule has 8 heteroatoms. The number of benzene rings is 2. The predicted molar refractivity (Wildman–Crippen MR) is 128 cm³/mol. The maximum absolute atomic E-state index is 13.0. The fraction of sp³-hybridized carbons (Fsp3) is 0.440. The number of rotatable bonds is 5. The lowest BCUT2D eigenvalue weighted by molar-refractivity contribution is 0.0746. The van der Waals surface area contributed by atoms with Gasteiger partial charge in [0.2, 0.25) is 10.0 Å². The monoisotopic (exact) mass is 469 g/mol. The molecule has 0 N–H and O–H groups in total. The molecule has 176 valence electrons. The Morgan fingerprint density at radius 1 is 0.697 bits per heavy atom. The predicted octanol–water partition coefficient (Wildman–Crippen LogP) is 3.42. The van der Waals surface area contributed by atoms with Crippen molar-refractivity contribution in [2.45, 2.75) is 37.5 Å². The van der Waals surface area contributed by atoms with Gasteiger partial charge in [-0.1, -0.05) is 12.8 Å². The molecule has 1 amide bonds. The van der Waals surface area contributed by atoms with E-state index in [9.17, 15) is 18.0 Å². The molecule has 2 fully saturated rings.